The average Bonchev–Trinajstić information content (AvgIpc) is 2.88. The summed E-state index contributed by atoms with van der Waals surface area (Å²) in [5.74, 6) is 0.522. The molecule has 20 heavy (non-hydrogen) atoms. The van der Waals surface area contributed by atoms with Crippen LogP contribution in [0.4, 0.5) is 5.69 Å². The summed E-state index contributed by atoms with van der Waals surface area (Å²) in [4.78, 5) is 14.7. The highest BCUT2D eigenvalue weighted by Crippen LogP contribution is 2.23. The van der Waals surface area contributed by atoms with Gasteiger partial charge >= 0.3 is 0 Å². The first-order valence-corrected chi connectivity index (χ1v) is 7.86. The van der Waals surface area contributed by atoms with Gasteiger partial charge in [0.15, 0.2) is 0 Å². The number of nitrogens with two attached hydrogens (primary N) is 1. The van der Waals surface area contributed by atoms with E-state index in [2.05, 4.69) is 33.1 Å². The molecule has 0 aliphatic carbocycles. The van der Waals surface area contributed by atoms with Crippen LogP contribution in [-0.4, -0.2) is 37.0 Å². The first kappa shape index (κ1) is 15.3. The summed E-state index contributed by atoms with van der Waals surface area (Å²) in [5, 5.41) is 3.04. The second-order valence-corrected chi connectivity index (χ2v) is 6.34. The molecule has 1 amide bonds. The van der Waals surface area contributed by atoms with E-state index >= 15 is 0 Å². The molecule has 1 saturated heterocycles. The number of nitrogens with one attached hydrogen (secondary N) is 1. The monoisotopic (exact) mass is 339 g/mol. The largest absolute Gasteiger partial charge is 0.398 e. The minimum Gasteiger partial charge on any atom is -0.398 e. The van der Waals surface area contributed by atoms with Gasteiger partial charge in [0.25, 0.3) is 5.91 Å². The Morgan fingerprint density at radius 2 is 2.30 bits per heavy atom. The standard InChI is InChI=1S/C15H22BrN3O/c1-3-19-5-4-11(9-19)8-18-15(20)13-6-12(16)7-14(17)10(13)2/h6-7,11H,3-5,8-9,17H2,1-2H3,(H,18,20). The van der Waals surface area contributed by atoms with Crippen LogP contribution in [0.5, 0.6) is 0 Å². The summed E-state index contributed by atoms with van der Waals surface area (Å²) in [6, 6.07) is 3.65. The van der Waals surface area contributed by atoms with E-state index in [1.807, 2.05) is 19.1 Å². The molecular weight excluding hydrogens is 318 g/mol. The summed E-state index contributed by atoms with van der Waals surface area (Å²) >= 11 is 3.38. The Balaban J connectivity index is 1.96. The van der Waals surface area contributed by atoms with Gasteiger partial charge in [-0.05, 0) is 50.0 Å². The number of nitrogen functional groups attached to an aromatic ring is 1. The van der Waals surface area contributed by atoms with Gasteiger partial charge < -0.3 is 16.0 Å². The number of hydrogen-bond acceptors (Lipinski definition) is 3. The van der Waals surface area contributed by atoms with Crippen molar-refractivity contribution in [1.82, 2.24) is 10.2 Å². The SMILES string of the molecule is CCN1CCC(CNC(=O)c2cc(Br)cc(N)c2C)C1. The second-order valence-electron chi connectivity index (χ2n) is 5.43. The van der Waals surface area contributed by atoms with Crippen molar-refractivity contribution in [2.45, 2.75) is 20.3 Å². The average molecular weight is 340 g/mol. The van der Waals surface area contributed by atoms with Gasteiger partial charge in [0.1, 0.15) is 0 Å². The van der Waals surface area contributed by atoms with Crippen LogP contribution >= 0.6 is 15.9 Å². The van der Waals surface area contributed by atoms with Crippen molar-refractivity contribution in [2.75, 3.05) is 31.9 Å². The fraction of sp³-hybridized carbons (Fsp3) is 0.533. The van der Waals surface area contributed by atoms with E-state index in [4.69, 9.17) is 5.73 Å². The third kappa shape index (κ3) is 3.52. The van der Waals surface area contributed by atoms with Gasteiger partial charge in [0.2, 0.25) is 0 Å². The van der Waals surface area contributed by atoms with Gasteiger partial charge in [-0.3, -0.25) is 4.79 Å². The van der Waals surface area contributed by atoms with E-state index in [-0.39, 0.29) is 5.91 Å². The maximum absolute atomic E-state index is 12.3. The van der Waals surface area contributed by atoms with Crippen LogP contribution in [0.15, 0.2) is 16.6 Å². The fourth-order valence-electron chi connectivity index (χ4n) is 2.63. The topological polar surface area (TPSA) is 58.4 Å². The molecule has 1 aromatic carbocycles. The number of rotatable bonds is 4. The molecule has 1 aliphatic rings. The number of likely N-dealkylation sites (tertiary alicyclic amines) is 1. The summed E-state index contributed by atoms with van der Waals surface area (Å²) < 4.78 is 0.837. The van der Waals surface area contributed by atoms with Crippen LogP contribution in [0, 0.1) is 12.8 Å². The van der Waals surface area contributed by atoms with Crippen LogP contribution in [0.1, 0.15) is 29.3 Å². The van der Waals surface area contributed by atoms with Gasteiger partial charge in [-0.2, -0.15) is 0 Å². The zero-order valence-corrected chi connectivity index (χ0v) is 13.7. The third-order valence-electron chi connectivity index (χ3n) is 4.03. The lowest BCUT2D eigenvalue weighted by Gasteiger charge is -2.15. The summed E-state index contributed by atoms with van der Waals surface area (Å²) in [6.45, 7) is 8.10. The summed E-state index contributed by atoms with van der Waals surface area (Å²) in [5.41, 5.74) is 8.03. The van der Waals surface area contributed by atoms with Crippen LogP contribution in [0.3, 0.4) is 0 Å². The van der Waals surface area contributed by atoms with Crippen molar-refractivity contribution in [3.8, 4) is 0 Å². The fourth-order valence-corrected chi connectivity index (χ4v) is 3.11. The lowest BCUT2D eigenvalue weighted by atomic mass is 10.1. The first-order valence-electron chi connectivity index (χ1n) is 7.07. The molecule has 4 nitrogen and oxygen atoms in total. The van der Waals surface area contributed by atoms with Crippen LogP contribution in [0.25, 0.3) is 0 Å². The molecule has 0 radical (unpaired) electrons. The molecule has 0 bridgehead atoms. The van der Waals surface area contributed by atoms with E-state index in [0.29, 0.717) is 17.2 Å². The van der Waals surface area contributed by atoms with E-state index < -0.39 is 0 Å². The summed E-state index contributed by atoms with van der Waals surface area (Å²) in [7, 11) is 0. The molecule has 1 aliphatic heterocycles. The van der Waals surface area contributed by atoms with Crippen molar-refractivity contribution in [1.29, 1.82) is 0 Å². The molecule has 1 fully saturated rings. The molecule has 3 N–H and O–H groups in total. The van der Waals surface area contributed by atoms with Crippen LogP contribution in [0.2, 0.25) is 0 Å². The smallest absolute Gasteiger partial charge is 0.251 e. The highest BCUT2D eigenvalue weighted by Gasteiger charge is 2.22. The minimum absolute atomic E-state index is 0.0366. The van der Waals surface area contributed by atoms with E-state index in [0.717, 1.165) is 42.6 Å². The number of hydrogen-bond donors (Lipinski definition) is 2. The molecule has 0 spiro atoms. The number of halogens is 1. The van der Waals surface area contributed by atoms with Crippen LogP contribution < -0.4 is 11.1 Å². The quantitative estimate of drug-likeness (QED) is 0.828. The number of nitrogens with zero attached hydrogens (tertiary/aromatic N) is 1. The van der Waals surface area contributed by atoms with Gasteiger partial charge in [-0.1, -0.05) is 22.9 Å². The lowest BCUT2D eigenvalue weighted by Crippen LogP contribution is -2.31. The number of carbonyl (C=O) groups excluding carboxylic acids is 1. The van der Waals surface area contributed by atoms with Crippen molar-refractivity contribution in [3.63, 3.8) is 0 Å². The third-order valence-corrected chi connectivity index (χ3v) is 4.48. The van der Waals surface area contributed by atoms with E-state index in [1.54, 1.807) is 0 Å². The molecule has 2 rings (SSSR count). The Bertz CT molecular complexity index is 504. The molecule has 1 unspecified atom stereocenters. The lowest BCUT2D eigenvalue weighted by molar-refractivity contribution is 0.0947. The highest BCUT2D eigenvalue weighted by molar-refractivity contribution is 9.10. The zero-order chi connectivity index (χ0) is 14.7. The molecule has 0 aromatic heterocycles. The van der Waals surface area contributed by atoms with Gasteiger partial charge in [0, 0.05) is 28.8 Å². The first-order chi connectivity index (χ1) is 9.51. The number of anilines is 1. The number of amides is 1. The Labute approximate surface area is 128 Å². The molecule has 1 aromatic rings. The Hall–Kier alpha value is -1.07. The minimum atomic E-state index is -0.0366. The van der Waals surface area contributed by atoms with Gasteiger partial charge in [-0.15, -0.1) is 0 Å². The van der Waals surface area contributed by atoms with E-state index in [9.17, 15) is 4.79 Å². The van der Waals surface area contributed by atoms with Crippen molar-refractivity contribution in [3.05, 3.63) is 27.7 Å². The van der Waals surface area contributed by atoms with Crippen molar-refractivity contribution < 1.29 is 4.79 Å². The Kier molecular flexibility index (Phi) is 5.05. The Morgan fingerprint density at radius 3 is 2.95 bits per heavy atom. The van der Waals surface area contributed by atoms with Crippen molar-refractivity contribution in [2.24, 2.45) is 5.92 Å². The maximum atomic E-state index is 12.3. The molecular formula is C15H22BrN3O. The second kappa shape index (κ2) is 6.59. The predicted octanol–water partition coefficient (Wildman–Crippen LogP) is 2.41. The number of carbonyl (C=O) groups is 1. The van der Waals surface area contributed by atoms with Crippen LogP contribution in [-0.2, 0) is 0 Å². The maximum Gasteiger partial charge on any atom is 0.251 e. The molecule has 1 atom stereocenters. The van der Waals surface area contributed by atoms with Crippen molar-refractivity contribution >= 4 is 27.5 Å². The molecule has 5 heteroatoms. The molecule has 0 saturated carbocycles. The van der Waals surface area contributed by atoms with Gasteiger partial charge in [-0.25, -0.2) is 0 Å². The normalized spacial score (nSPS) is 19.2. The number of benzene rings is 1. The zero-order valence-electron chi connectivity index (χ0n) is 12.1. The molecule has 1 heterocycles. The van der Waals surface area contributed by atoms with Gasteiger partial charge in [0.05, 0.1) is 0 Å². The highest BCUT2D eigenvalue weighted by atomic mass is 79.9. The molecule has 110 valence electrons. The predicted molar refractivity (Wildman–Crippen MR) is 85.8 cm³/mol. The van der Waals surface area contributed by atoms with E-state index in [1.165, 1.54) is 0 Å². The Morgan fingerprint density at radius 1 is 1.55 bits per heavy atom. The summed E-state index contributed by atoms with van der Waals surface area (Å²) in [6.07, 6.45) is 1.16.